The Bertz CT molecular complexity index is 54.7. The minimum atomic E-state index is 0. The van der Waals surface area contributed by atoms with Gasteiger partial charge in [0.15, 0.2) is 5.34 Å². The standard InChI is InChI=1S/N3.HNO2.Na/c1-3-2;2-1-3;/h;(H,2,3);/q-1;;+1. The quantitative estimate of drug-likeness (QED) is 0.0977. The molecule has 0 aliphatic rings. The Morgan fingerprint density at radius 2 is 1.57 bits per heavy atom. The molecule has 0 aliphatic carbocycles. The predicted molar refractivity (Wildman–Crippen MR) is 17.7 cm³/mol. The fraction of sp³-hybridized carbons (Fsp3) is 0. The zero-order valence-electron chi connectivity index (χ0n) is 3.64. The van der Waals surface area contributed by atoms with Crippen molar-refractivity contribution in [1.29, 1.82) is 0 Å². The first-order valence-corrected chi connectivity index (χ1v) is 0.783. The van der Waals surface area contributed by atoms with Gasteiger partial charge in [-0.15, -0.1) is 4.91 Å². The fourth-order valence-electron chi connectivity index (χ4n) is 0. The number of hydrogen-bond donors (Lipinski definition) is 1. The Morgan fingerprint density at radius 3 is 1.57 bits per heavy atom. The predicted octanol–water partition coefficient (Wildman–Crippen LogP) is -1.99. The molecule has 0 amide bonds. The van der Waals surface area contributed by atoms with E-state index < -0.39 is 0 Å². The van der Waals surface area contributed by atoms with Crippen molar-refractivity contribution in [2.45, 2.75) is 0 Å². The average Bonchev–Trinajstić information content (AvgIpc) is 1.39. The molecule has 0 rings (SSSR count). The molecule has 0 saturated carbocycles. The molecule has 6 nitrogen and oxygen atoms in total. The van der Waals surface area contributed by atoms with Crippen molar-refractivity contribution in [3.05, 3.63) is 20.9 Å². The van der Waals surface area contributed by atoms with Crippen LogP contribution in [-0.2, 0) is 0 Å². The summed E-state index contributed by atoms with van der Waals surface area (Å²) in [6.45, 7) is 0. The van der Waals surface area contributed by atoms with Crippen molar-refractivity contribution in [1.82, 2.24) is 0 Å². The molecule has 0 heterocycles. The summed E-state index contributed by atoms with van der Waals surface area (Å²) in [4.78, 5) is 9.61. The fourth-order valence-corrected chi connectivity index (χ4v) is 0. The van der Waals surface area contributed by atoms with E-state index in [1.54, 1.807) is 0 Å². The molecule has 0 aromatic heterocycles. The van der Waals surface area contributed by atoms with Crippen LogP contribution in [0.1, 0.15) is 0 Å². The summed E-state index contributed by atoms with van der Waals surface area (Å²) >= 11 is 0. The average molecular weight is 112 g/mol. The first kappa shape index (κ1) is 15.9. The molecule has 0 aromatic carbocycles. The second-order valence-corrected chi connectivity index (χ2v) is 0.171. The van der Waals surface area contributed by atoms with Gasteiger partial charge in [-0.25, -0.2) is 0 Å². The van der Waals surface area contributed by atoms with Gasteiger partial charge in [-0.05, 0) is 0 Å². The summed E-state index contributed by atoms with van der Waals surface area (Å²) in [5.41, 5.74) is 13.5. The Labute approximate surface area is 61.2 Å². The second kappa shape index (κ2) is 43.3. The summed E-state index contributed by atoms with van der Waals surface area (Å²) in [5.74, 6) is 0. The van der Waals surface area contributed by atoms with Crippen LogP contribution >= 0.6 is 0 Å². The molecule has 7 heavy (non-hydrogen) atoms. The van der Waals surface area contributed by atoms with Crippen LogP contribution in [-0.4, -0.2) is 5.21 Å². The number of nitrogens with zero attached hydrogens (tertiary/aromatic N) is 4. The van der Waals surface area contributed by atoms with Crippen molar-refractivity contribution in [3.63, 3.8) is 0 Å². The minimum absolute atomic E-state index is 0. The second-order valence-electron chi connectivity index (χ2n) is 0.171. The zero-order valence-corrected chi connectivity index (χ0v) is 5.64. The van der Waals surface area contributed by atoms with Crippen LogP contribution in [0.25, 0.3) is 16.0 Å². The van der Waals surface area contributed by atoms with Gasteiger partial charge < -0.3 is 16.3 Å². The van der Waals surface area contributed by atoms with Gasteiger partial charge in [-0.3, -0.25) is 4.91 Å². The van der Waals surface area contributed by atoms with Gasteiger partial charge in [0.25, 0.3) is 0 Å². The zero-order chi connectivity index (χ0) is 5.41. The smallest absolute Gasteiger partial charge is 0.379 e. The summed E-state index contributed by atoms with van der Waals surface area (Å²) < 4.78 is 0. The van der Waals surface area contributed by atoms with Gasteiger partial charge in [0.2, 0.25) is 0 Å². The van der Waals surface area contributed by atoms with Crippen molar-refractivity contribution in [2.75, 3.05) is 0 Å². The molecule has 1 N–H and O–H groups in total. The molecular formula is HN4NaO2. The van der Waals surface area contributed by atoms with E-state index in [9.17, 15) is 0 Å². The molecule has 0 saturated heterocycles. The first-order chi connectivity index (χ1) is 2.83. The monoisotopic (exact) mass is 112 g/mol. The minimum Gasteiger partial charge on any atom is -0.379 e. The van der Waals surface area contributed by atoms with Crippen LogP contribution in [0.5, 0.6) is 0 Å². The summed E-state index contributed by atoms with van der Waals surface area (Å²) in [7, 11) is 0. The van der Waals surface area contributed by atoms with Crippen LogP contribution in [0.2, 0.25) is 0 Å². The van der Waals surface area contributed by atoms with E-state index in [4.69, 9.17) is 21.2 Å². The SMILES string of the molecule is O=NO.[N-]=[N+]=[N-].[Na+]. The van der Waals surface area contributed by atoms with E-state index in [2.05, 4.69) is 0 Å². The molecule has 34 valence electrons. The summed E-state index contributed by atoms with van der Waals surface area (Å²) in [6.07, 6.45) is 0. The third-order valence-electron chi connectivity index (χ3n) is 0. The maximum absolute atomic E-state index is 8.11. The van der Waals surface area contributed by atoms with Crippen molar-refractivity contribution in [2.24, 2.45) is 5.34 Å². The molecule has 7 heteroatoms. The van der Waals surface area contributed by atoms with Crippen molar-refractivity contribution < 1.29 is 34.8 Å². The van der Waals surface area contributed by atoms with Gasteiger partial charge >= 0.3 is 29.6 Å². The Kier molecular flexibility index (Phi) is 98.4. The topological polar surface area (TPSA) is 108 Å². The number of hydrogen-bond acceptors (Lipinski definition) is 2. The maximum Gasteiger partial charge on any atom is 1.00 e. The third kappa shape index (κ3) is 935. The van der Waals surface area contributed by atoms with E-state index in [0.717, 1.165) is 0 Å². The van der Waals surface area contributed by atoms with E-state index >= 15 is 0 Å². The molecule has 0 spiro atoms. The molecular weight excluding hydrogens is 111 g/mol. The van der Waals surface area contributed by atoms with Crippen LogP contribution in [0.15, 0.2) is 5.34 Å². The van der Waals surface area contributed by atoms with Gasteiger partial charge in [-0.1, -0.05) is 0 Å². The van der Waals surface area contributed by atoms with Gasteiger partial charge in [0, 0.05) is 0 Å². The van der Waals surface area contributed by atoms with E-state index in [-0.39, 0.29) is 29.6 Å². The van der Waals surface area contributed by atoms with E-state index in [1.807, 2.05) is 0 Å². The van der Waals surface area contributed by atoms with Gasteiger partial charge in [-0.2, -0.15) is 0 Å². The van der Waals surface area contributed by atoms with Crippen LogP contribution in [0, 0.1) is 4.91 Å². The molecule has 0 radical (unpaired) electrons. The molecule has 0 unspecified atom stereocenters. The van der Waals surface area contributed by atoms with Gasteiger partial charge in [0.05, 0.1) is 0 Å². The van der Waals surface area contributed by atoms with Gasteiger partial charge in [0.1, 0.15) is 0 Å². The first-order valence-electron chi connectivity index (χ1n) is 0.783. The molecule has 0 atom stereocenters. The van der Waals surface area contributed by atoms with E-state index in [0.29, 0.717) is 0 Å². The number of rotatable bonds is 0. The molecule has 0 bridgehead atoms. The molecule has 0 fully saturated rings. The van der Waals surface area contributed by atoms with Crippen LogP contribution in [0.4, 0.5) is 0 Å². The largest absolute Gasteiger partial charge is 1.00 e. The molecule has 0 aromatic rings. The molecule has 0 aliphatic heterocycles. The van der Waals surface area contributed by atoms with Crippen molar-refractivity contribution in [3.8, 4) is 0 Å². The Balaban J connectivity index is -0.0000000400. The van der Waals surface area contributed by atoms with E-state index in [1.165, 1.54) is 10.3 Å². The maximum atomic E-state index is 8.11. The van der Waals surface area contributed by atoms with Crippen LogP contribution in [0.3, 0.4) is 0 Å². The summed E-state index contributed by atoms with van der Waals surface area (Å²) in [6, 6.07) is 0. The third-order valence-corrected chi connectivity index (χ3v) is 0. The van der Waals surface area contributed by atoms with Crippen LogP contribution < -0.4 is 29.6 Å². The Hall–Kier alpha value is -0.290. The Morgan fingerprint density at radius 1 is 1.57 bits per heavy atom. The normalized spacial score (nSPS) is 2.86. The van der Waals surface area contributed by atoms with Crippen molar-refractivity contribution >= 4 is 0 Å². The summed E-state index contributed by atoms with van der Waals surface area (Å²) in [5, 5.41) is 7.89.